The zero-order valence-corrected chi connectivity index (χ0v) is 10.9. The molecule has 74 valence electrons. The monoisotopic (exact) mass is 308 g/mol. The molecule has 5 heteroatoms. The largest absolute Gasteiger partial charge is 0.382 e. The van der Waals surface area contributed by atoms with Crippen LogP contribution < -0.4 is 0 Å². The van der Waals surface area contributed by atoms with E-state index in [2.05, 4.69) is 15.9 Å². The van der Waals surface area contributed by atoms with Crippen LogP contribution in [0, 0.1) is 0 Å². The number of aliphatic hydroxyl groups excluding tert-OH is 1. The first-order valence-corrected chi connectivity index (χ1v) is 6.71. The molecule has 0 fully saturated rings. The van der Waals surface area contributed by atoms with Gasteiger partial charge in [-0.15, -0.1) is 22.7 Å². The first-order valence-electron chi connectivity index (χ1n) is 3.84. The Kier molecular flexibility index (Phi) is 3.29. The summed E-state index contributed by atoms with van der Waals surface area (Å²) in [4.78, 5) is 1.81. The number of aliphatic hydroxyl groups is 1. The van der Waals surface area contributed by atoms with Gasteiger partial charge in [0.1, 0.15) is 6.10 Å². The summed E-state index contributed by atoms with van der Waals surface area (Å²) in [5.74, 6) is 0. The molecule has 0 bridgehead atoms. The zero-order chi connectivity index (χ0) is 10.1. The van der Waals surface area contributed by atoms with Crippen molar-refractivity contribution >= 4 is 50.2 Å². The number of rotatable bonds is 2. The molecule has 1 atom stereocenters. The SMILES string of the molecule is OC(c1cccs1)c1cc(Cl)c(Br)s1. The Labute approximate surface area is 103 Å². The van der Waals surface area contributed by atoms with Crippen molar-refractivity contribution in [3.63, 3.8) is 0 Å². The van der Waals surface area contributed by atoms with Crippen LogP contribution in [-0.4, -0.2) is 5.11 Å². The van der Waals surface area contributed by atoms with Crippen molar-refractivity contribution in [3.8, 4) is 0 Å². The molecule has 1 unspecified atom stereocenters. The van der Waals surface area contributed by atoms with Crippen molar-refractivity contribution in [2.75, 3.05) is 0 Å². The maximum Gasteiger partial charge on any atom is 0.122 e. The average Bonchev–Trinajstić information content (AvgIpc) is 2.76. The Balaban J connectivity index is 2.32. The summed E-state index contributed by atoms with van der Waals surface area (Å²) in [7, 11) is 0. The maximum absolute atomic E-state index is 9.96. The van der Waals surface area contributed by atoms with Crippen molar-refractivity contribution in [2.45, 2.75) is 6.10 Å². The van der Waals surface area contributed by atoms with Gasteiger partial charge in [0, 0.05) is 9.75 Å². The van der Waals surface area contributed by atoms with Gasteiger partial charge in [0.15, 0.2) is 0 Å². The first-order chi connectivity index (χ1) is 6.68. The van der Waals surface area contributed by atoms with Crippen molar-refractivity contribution < 1.29 is 5.11 Å². The Morgan fingerprint density at radius 3 is 2.71 bits per heavy atom. The second kappa shape index (κ2) is 4.33. The summed E-state index contributed by atoms with van der Waals surface area (Å²) in [6.07, 6.45) is -0.552. The zero-order valence-electron chi connectivity index (χ0n) is 6.91. The van der Waals surface area contributed by atoms with E-state index in [1.165, 1.54) is 22.7 Å². The number of halogens is 2. The van der Waals surface area contributed by atoms with Crippen LogP contribution in [0.25, 0.3) is 0 Å². The Morgan fingerprint density at radius 1 is 1.43 bits per heavy atom. The first kappa shape index (κ1) is 10.6. The molecule has 0 spiro atoms. The van der Waals surface area contributed by atoms with Gasteiger partial charge in [0.2, 0.25) is 0 Å². The summed E-state index contributed by atoms with van der Waals surface area (Å²) >= 11 is 12.2. The van der Waals surface area contributed by atoms with Crippen LogP contribution in [0.2, 0.25) is 5.02 Å². The lowest BCUT2D eigenvalue weighted by Crippen LogP contribution is -1.92. The van der Waals surface area contributed by atoms with Crippen molar-refractivity contribution in [1.82, 2.24) is 0 Å². The van der Waals surface area contributed by atoms with E-state index >= 15 is 0 Å². The van der Waals surface area contributed by atoms with Gasteiger partial charge in [-0.25, -0.2) is 0 Å². The molecule has 1 N–H and O–H groups in total. The lowest BCUT2D eigenvalue weighted by atomic mass is 10.2. The standard InChI is InChI=1S/C9H6BrClOS2/c10-9-5(11)4-7(14-9)8(12)6-2-1-3-13-6/h1-4,8,12H. The lowest BCUT2D eigenvalue weighted by molar-refractivity contribution is 0.228. The van der Waals surface area contributed by atoms with Crippen LogP contribution in [0.15, 0.2) is 27.4 Å². The molecule has 0 amide bonds. The number of hydrogen-bond acceptors (Lipinski definition) is 3. The Morgan fingerprint density at radius 2 is 2.21 bits per heavy atom. The van der Waals surface area contributed by atoms with E-state index < -0.39 is 6.10 Å². The van der Waals surface area contributed by atoms with E-state index in [0.717, 1.165) is 13.5 Å². The molecule has 0 saturated heterocycles. The van der Waals surface area contributed by atoms with E-state index in [9.17, 15) is 5.11 Å². The van der Waals surface area contributed by atoms with Gasteiger partial charge in [-0.05, 0) is 33.4 Å². The van der Waals surface area contributed by atoms with Crippen LogP contribution >= 0.6 is 50.2 Å². The second-order valence-corrected chi connectivity index (χ2v) is 6.48. The van der Waals surface area contributed by atoms with E-state index in [-0.39, 0.29) is 0 Å². The quantitative estimate of drug-likeness (QED) is 0.876. The van der Waals surface area contributed by atoms with E-state index in [1.807, 2.05) is 17.5 Å². The molecule has 0 aliphatic rings. The highest BCUT2D eigenvalue weighted by atomic mass is 79.9. The molecular weight excluding hydrogens is 304 g/mol. The maximum atomic E-state index is 9.96. The molecule has 0 aromatic carbocycles. The molecule has 2 aromatic heterocycles. The summed E-state index contributed by atoms with van der Waals surface area (Å²) in [5, 5.41) is 12.6. The van der Waals surface area contributed by atoms with E-state index in [4.69, 9.17) is 11.6 Å². The average molecular weight is 310 g/mol. The highest BCUT2D eigenvalue weighted by Crippen LogP contribution is 2.38. The smallest absolute Gasteiger partial charge is 0.122 e. The highest BCUT2D eigenvalue weighted by molar-refractivity contribution is 9.11. The normalized spacial score (nSPS) is 13.1. The van der Waals surface area contributed by atoms with Gasteiger partial charge in [-0.2, -0.15) is 0 Å². The van der Waals surface area contributed by atoms with Gasteiger partial charge >= 0.3 is 0 Å². The van der Waals surface area contributed by atoms with Gasteiger partial charge < -0.3 is 5.11 Å². The van der Waals surface area contributed by atoms with Crippen molar-refractivity contribution in [2.24, 2.45) is 0 Å². The Bertz CT molecular complexity index is 404. The Hall–Kier alpha value is 0.130. The minimum atomic E-state index is -0.552. The molecule has 0 radical (unpaired) electrons. The third-order valence-corrected chi connectivity index (χ3v) is 5.20. The molecule has 0 saturated carbocycles. The van der Waals surface area contributed by atoms with Gasteiger partial charge in [-0.3, -0.25) is 0 Å². The fraction of sp³-hybridized carbons (Fsp3) is 0.111. The predicted octanol–water partition coefficient (Wildman–Crippen LogP) is 4.31. The van der Waals surface area contributed by atoms with Gasteiger partial charge in [0.05, 0.1) is 8.81 Å². The fourth-order valence-corrected chi connectivity index (χ4v) is 3.64. The minimum absolute atomic E-state index is 0.552. The van der Waals surface area contributed by atoms with Crippen LogP contribution in [0.5, 0.6) is 0 Å². The topological polar surface area (TPSA) is 20.2 Å². The number of hydrogen-bond donors (Lipinski definition) is 1. The molecule has 14 heavy (non-hydrogen) atoms. The summed E-state index contributed by atoms with van der Waals surface area (Å²) in [6, 6.07) is 5.63. The van der Waals surface area contributed by atoms with Crippen molar-refractivity contribution in [1.29, 1.82) is 0 Å². The molecule has 0 aliphatic carbocycles. The summed E-state index contributed by atoms with van der Waals surface area (Å²) in [6.45, 7) is 0. The third kappa shape index (κ3) is 2.04. The molecule has 2 heterocycles. The second-order valence-electron chi connectivity index (χ2n) is 2.69. The van der Waals surface area contributed by atoms with Crippen LogP contribution in [-0.2, 0) is 0 Å². The molecule has 2 aromatic rings. The van der Waals surface area contributed by atoms with Crippen LogP contribution in [0.4, 0.5) is 0 Å². The van der Waals surface area contributed by atoms with Crippen LogP contribution in [0.3, 0.4) is 0 Å². The molecule has 0 aliphatic heterocycles. The minimum Gasteiger partial charge on any atom is -0.382 e. The van der Waals surface area contributed by atoms with Gasteiger partial charge in [-0.1, -0.05) is 17.7 Å². The molecule has 1 nitrogen and oxygen atoms in total. The van der Waals surface area contributed by atoms with Gasteiger partial charge in [0.25, 0.3) is 0 Å². The van der Waals surface area contributed by atoms with E-state index in [1.54, 1.807) is 6.07 Å². The van der Waals surface area contributed by atoms with Crippen LogP contribution in [0.1, 0.15) is 15.9 Å². The lowest BCUT2D eigenvalue weighted by Gasteiger charge is -2.03. The predicted molar refractivity (Wildman–Crippen MR) is 65.4 cm³/mol. The summed E-state index contributed by atoms with van der Waals surface area (Å²) < 4.78 is 0.866. The molecular formula is C9H6BrClOS2. The molecule has 2 rings (SSSR count). The van der Waals surface area contributed by atoms with E-state index in [0.29, 0.717) is 5.02 Å². The third-order valence-electron chi connectivity index (χ3n) is 1.75. The fourth-order valence-electron chi connectivity index (χ4n) is 1.09. The summed E-state index contributed by atoms with van der Waals surface area (Å²) in [5.41, 5.74) is 0. The van der Waals surface area contributed by atoms with Crippen molar-refractivity contribution in [3.05, 3.63) is 42.1 Å². The number of thiophene rings is 2. The highest BCUT2D eigenvalue weighted by Gasteiger charge is 2.15.